The van der Waals surface area contributed by atoms with E-state index in [4.69, 9.17) is 4.74 Å². The average molecular weight is 246 g/mol. The number of fused-ring (bicyclic) bond motifs is 5. The number of rotatable bonds is 1. The Kier molecular flexibility index (Phi) is 2.16. The van der Waals surface area contributed by atoms with Gasteiger partial charge in [0.05, 0.1) is 13.2 Å². The number of ether oxygens (including phenoxy) is 1. The predicted molar refractivity (Wildman–Crippen MR) is 69.0 cm³/mol. The average Bonchev–Trinajstić information content (AvgIpc) is 2.98. The lowest BCUT2D eigenvalue weighted by atomic mass is 9.93. The van der Waals surface area contributed by atoms with Crippen molar-refractivity contribution in [3.63, 3.8) is 0 Å². The third kappa shape index (κ3) is 1.27. The first kappa shape index (κ1) is 10.4. The van der Waals surface area contributed by atoms with Crippen LogP contribution in [-0.2, 0) is 0 Å². The van der Waals surface area contributed by atoms with Crippen molar-refractivity contribution in [2.45, 2.75) is 25.3 Å². The second kappa shape index (κ2) is 3.73. The Labute approximate surface area is 107 Å². The fourth-order valence-electron chi connectivity index (χ4n) is 4.02. The lowest BCUT2D eigenvalue weighted by Crippen LogP contribution is -2.43. The third-order valence-corrected chi connectivity index (χ3v) is 4.79. The molecule has 0 bridgehead atoms. The summed E-state index contributed by atoms with van der Waals surface area (Å²) in [6.07, 6.45) is 5.77. The molecule has 1 saturated carbocycles. The van der Waals surface area contributed by atoms with Gasteiger partial charge in [0.15, 0.2) is 5.82 Å². The molecule has 1 saturated heterocycles. The summed E-state index contributed by atoms with van der Waals surface area (Å²) in [5.74, 6) is 3.42. The normalized spacial score (nSPS) is 32.5. The molecule has 1 aliphatic carbocycles. The van der Waals surface area contributed by atoms with Crippen LogP contribution in [0.2, 0.25) is 0 Å². The maximum Gasteiger partial charge on any atom is 0.242 e. The van der Waals surface area contributed by atoms with Crippen LogP contribution in [0, 0.1) is 11.8 Å². The summed E-state index contributed by atoms with van der Waals surface area (Å²) in [5.41, 5.74) is 0.969. The summed E-state index contributed by atoms with van der Waals surface area (Å²) in [6, 6.07) is 0.615. The van der Waals surface area contributed by atoms with E-state index in [0.29, 0.717) is 11.9 Å². The van der Waals surface area contributed by atoms with E-state index in [-0.39, 0.29) is 0 Å². The minimum Gasteiger partial charge on any atom is -0.479 e. The van der Waals surface area contributed by atoms with Gasteiger partial charge < -0.3 is 15.0 Å². The van der Waals surface area contributed by atoms with Gasteiger partial charge in [0, 0.05) is 13.1 Å². The molecule has 0 spiro atoms. The fraction of sp³-hybridized carbons (Fsp3) is 0.692. The summed E-state index contributed by atoms with van der Waals surface area (Å²) < 4.78 is 5.31. The summed E-state index contributed by atoms with van der Waals surface area (Å²) in [5, 5.41) is 3.47. The number of hydrogen-bond acceptors (Lipinski definition) is 5. The van der Waals surface area contributed by atoms with Crippen molar-refractivity contribution in [1.82, 2.24) is 9.97 Å². The number of nitrogens with one attached hydrogen (secondary N) is 1. The lowest BCUT2D eigenvalue weighted by Gasteiger charge is -2.35. The van der Waals surface area contributed by atoms with E-state index in [1.54, 1.807) is 13.4 Å². The molecular formula is C13H18N4O. The van der Waals surface area contributed by atoms with Crippen LogP contribution < -0.4 is 15.0 Å². The van der Waals surface area contributed by atoms with Crippen molar-refractivity contribution >= 4 is 11.5 Å². The van der Waals surface area contributed by atoms with E-state index in [2.05, 4.69) is 20.2 Å². The molecule has 1 aromatic heterocycles. The van der Waals surface area contributed by atoms with Crippen LogP contribution in [0.1, 0.15) is 19.3 Å². The van der Waals surface area contributed by atoms with Crippen LogP contribution in [0.25, 0.3) is 0 Å². The second-order valence-corrected chi connectivity index (χ2v) is 5.54. The van der Waals surface area contributed by atoms with E-state index in [9.17, 15) is 0 Å². The Morgan fingerprint density at radius 3 is 3.22 bits per heavy atom. The number of methoxy groups -OCH3 is 1. The molecule has 0 aromatic carbocycles. The molecule has 0 radical (unpaired) electrons. The smallest absolute Gasteiger partial charge is 0.242 e. The van der Waals surface area contributed by atoms with Gasteiger partial charge in [0.2, 0.25) is 5.88 Å². The molecule has 5 nitrogen and oxygen atoms in total. The van der Waals surface area contributed by atoms with Crippen LogP contribution in [0.5, 0.6) is 5.88 Å². The van der Waals surface area contributed by atoms with Gasteiger partial charge in [-0.05, 0) is 24.7 Å². The molecule has 1 N–H and O–H groups in total. The molecule has 3 atom stereocenters. The van der Waals surface area contributed by atoms with Gasteiger partial charge in [-0.2, -0.15) is 4.98 Å². The largest absolute Gasteiger partial charge is 0.479 e. The van der Waals surface area contributed by atoms with Crippen molar-refractivity contribution in [3.8, 4) is 5.88 Å². The molecule has 2 fully saturated rings. The van der Waals surface area contributed by atoms with Gasteiger partial charge in [-0.3, -0.25) is 0 Å². The molecule has 18 heavy (non-hydrogen) atoms. The number of anilines is 2. The van der Waals surface area contributed by atoms with Crippen molar-refractivity contribution in [2.75, 3.05) is 30.4 Å². The zero-order valence-electron chi connectivity index (χ0n) is 10.6. The van der Waals surface area contributed by atoms with Crippen molar-refractivity contribution in [2.24, 2.45) is 11.8 Å². The Bertz CT molecular complexity index is 478. The molecule has 0 amide bonds. The van der Waals surface area contributed by atoms with Gasteiger partial charge in [-0.1, -0.05) is 6.42 Å². The van der Waals surface area contributed by atoms with Crippen molar-refractivity contribution in [1.29, 1.82) is 0 Å². The van der Waals surface area contributed by atoms with Crippen LogP contribution in [0.15, 0.2) is 6.33 Å². The van der Waals surface area contributed by atoms with Crippen molar-refractivity contribution < 1.29 is 4.74 Å². The zero-order valence-corrected chi connectivity index (χ0v) is 10.6. The summed E-state index contributed by atoms with van der Waals surface area (Å²) >= 11 is 0. The highest BCUT2D eigenvalue weighted by atomic mass is 16.5. The summed E-state index contributed by atoms with van der Waals surface area (Å²) in [6.45, 7) is 2.15. The highest BCUT2D eigenvalue weighted by Crippen LogP contribution is 2.47. The zero-order chi connectivity index (χ0) is 12.1. The quantitative estimate of drug-likeness (QED) is 0.814. The number of hydrogen-bond donors (Lipinski definition) is 1. The molecule has 3 heterocycles. The lowest BCUT2D eigenvalue weighted by molar-refractivity contribution is 0.395. The Balaban J connectivity index is 1.75. The highest BCUT2D eigenvalue weighted by molar-refractivity contribution is 5.74. The van der Waals surface area contributed by atoms with Gasteiger partial charge in [0.1, 0.15) is 12.0 Å². The monoisotopic (exact) mass is 246 g/mol. The second-order valence-electron chi connectivity index (χ2n) is 5.54. The van der Waals surface area contributed by atoms with Crippen LogP contribution >= 0.6 is 0 Å². The first-order valence-corrected chi connectivity index (χ1v) is 6.78. The molecule has 3 unspecified atom stereocenters. The molecule has 4 rings (SSSR count). The molecular weight excluding hydrogens is 228 g/mol. The minimum atomic E-state index is 0.615. The Morgan fingerprint density at radius 1 is 1.39 bits per heavy atom. The minimum absolute atomic E-state index is 0.615. The van der Waals surface area contributed by atoms with Gasteiger partial charge in [-0.15, -0.1) is 0 Å². The summed E-state index contributed by atoms with van der Waals surface area (Å²) in [7, 11) is 1.66. The Morgan fingerprint density at radius 2 is 2.33 bits per heavy atom. The first-order chi connectivity index (χ1) is 8.88. The van der Waals surface area contributed by atoms with Crippen molar-refractivity contribution in [3.05, 3.63) is 6.33 Å². The molecule has 1 aromatic rings. The Hall–Kier alpha value is -1.52. The van der Waals surface area contributed by atoms with Gasteiger partial charge in [-0.25, -0.2) is 4.98 Å². The highest BCUT2D eigenvalue weighted by Gasteiger charge is 2.47. The van der Waals surface area contributed by atoms with E-state index in [1.165, 1.54) is 19.3 Å². The van der Waals surface area contributed by atoms with E-state index < -0.39 is 0 Å². The van der Waals surface area contributed by atoms with E-state index in [0.717, 1.165) is 36.4 Å². The number of nitrogens with zero attached hydrogens (tertiary/aromatic N) is 3. The van der Waals surface area contributed by atoms with Gasteiger partial charge >= 0.3 is 0 Å². The maximum atomic E-state index is 5.31. The van der Waals surface area contributed by atoms with Gasteiger partial charge in [0.25, 0.3) is 0 Å². The molecule has 3 aliphatic rings. The fourth-order valence-corrected chi connectivity index (χ4v) is 4.02. The predicted octanol–water partition coefficient (Wildman–Crippen LogP) is 1.52. The van der Waals surface area contributed by atoms with E-state index >= 15 is 0 Å². The van der Waals surface area contributed by atoms with E-state index in [1.807, 2.05) is 0 Å². The molecule has 5 heteroatoms. The first-order valence-electron chi connectivity index (χ1n) is 6.78. The molecule has 96 valence electrons. The van der Waals surface area contributed by atoms with Crippen LogP contribution in [0.3, 0.4) is 0 Å². The van der Waals surface area contributed by atoms with Crippen LogP contribution in [0.4, 0.5) is 11.5 Å². The summed E-state index contributed by atoms with van der Waals surface area (Å²) in [4.78, 5) is 11.1. The SMILES string of the molecule is COc1ncnc2c1NCC1C3CCCC3CN21. The number of aromatic nitrogens is 2. The topological polar surface area (TPSA) is 50.3 Å². The third-order valence-electron chi connectivity index (χ3n) is 4.79. The van der Waals surface area contributed by atoms with Crippen LogP contribution in [-0.4, -0.2) is 36.2 Å². The maximum absolute atomic E-state index is 5.31. The molecule has 2 aliphatic heterocycles. The standard InChI is InChI=1S/C13H18N4O/c1-18-13-11-12(15-7-16-13)17-6-8-3-2-4-9(8)10(17)5-14-11/h7-10,14H,2-6H2,1H3.